The first-order valence-corrected chi connectivity index (χ1v) is 8.38. The molecule has 0 saturated carbocycles. The van der Waals surface area contributed by atoms with Crippen LogP contribution in [0.15, 0.2) is 16.6 Å². The molecular weight excluding hydrogens is 330 g/mol. The first-order chi connectivity index (χ1) is 9.80. The lowest BCUT2D eigenvalue weighted by molar-refractivity contribution is 0.183. The number of ether oxygens (including phenoxy) is 2. The Hall–Kier alpha value is -0.740. The van der Waals surface area contributed by atoms with E-state index in [0.717, 1.165) is 35.4 Å². The van der Waals surface area contributed by atoms with Gasteiger partial charge in [0.25, 0.3) is 0 Å². The zero-order chi connectivity index (χ0) is 16.0. The minimum Gasteiger partial charge on any atom is -0.493 e. The van der Waals surface area contributed by atoms with Crippen molar-refractivity contribution < 1.29 is 9.47 Å². The van der Waals surface area contributed by atoms with E-state index in [1.165, 1.54) is 5.56 Å². The van der Waals surface area contributed by atoms with Crippen LogP contribution in [0.2, 0.25) is 0 Å². The Balaban J connectivity index is 2.96. The molecule has 0 aromatic heterocycles. The maximum Gasteiger partial charge on any atom is 0.175 e. The Morgan fingerprint density at radius 1 is 1.19 bits per heavy atom. The second kappa shape index (κ2) is 8.04. The van der Waals surface area contributed by atoms with Gasteiger partial charge in [0, 0.05) is 12.1 Å². The summed E-state index contributed by atoms with van der Waals surface area (Å²) in [5.41, 5.74) is 1.26. The third-order valence-electron chi connectivity index (χ3n) is 3.31. The van der Waals surface area contributed by atoms with Gasteiger partial charge in [0.1, 0.15) is 0 Å². The van der Waals surface area contributed by atoms with Gasteiger partial charge < -0.3 is 14.8 Å². The molecule has 120 valence electrons. The van der Waals surface area contributed by atoms with Crippen LogP contribution < -0.4 is 14.8 Å². The maximum atomic E-state index is 6.07. The van der Waals surface area contributed by atoms with Gasteiger partial charge in [-0.15, -0.1) is 0 Å². The van der Waals surface area contributed by atoms with Gasteiger partial charge in [0.15, 0.2) is 11.5 Å². The summed E-state index contributed by atoms with van der Waals surface area (Å²) in [4.78, 5) is 0. The molecule has 0 radical (unpaired) electrons. The summed E-state index contributed by atoms with van der Waals surface area (Å²) < 4.78 is 12.5. The summed E-state index contributed by atoms with van der Waals surface area (Å²) in [6, 6.07) is 4.14. The first kappa shape index (κ1) is 18.3. The van der Waals surface area contributed by atoms with Crippen LogP contribution in [-0.4, -0.2) is 18.8 Å². The van der Waals surface area contributed by atoms with Crippen molar-refractivity contribution >= 4 is 15.9 Å². The standard InChI is InChI=1S/C17H28BrNO2/c1-7-13(8-2)21-16-14(18)9-12(10-15(16)20-6)11-19-17(3,4)5/h9-10,13,19H,7-8,11H2,1-6H3. The molecule has 0 fully saturated rings. The second-order valence-electron chi connectivity index (χ2n) is 6.27. The number of methoxy groups -OCH3 is 1. The lowest BCUT2D eigenvalue weighted by Gasteiger charge is -2.22. The quantitative estimate of drug-likeness (QED) is 0.751. The molecule has 0 heterocycles. The SMILES string of the molecule is CCC(CC)Oc1c(Br)cc(CNC(C)(C)C)cc1OC. The van der Waals surface area contributed by atoms with E-state index in [-0.39, 0.29) is 11.6 Å². The highest BCUT2D eigenvalue weighted by molar-refractivity contribution is 9.10. The van der Waals surface area contributed by atoms with Crippen molar-refractivity contribution in [2.45, 2.75) is 65.6 Å². The summed E-state index contributed by atoms with van der Waals surface area (Å²) in [6.45, 7) is 11.5. The van der Waals surface area contributed by atoms with Crippen molar-refractivity contribution in [1.82, 2.24) is 5.32 Å². The van der Waals surface area contributed by atoms with E-state index in [1.54, 1.807) is 7.11 Å². The fourth-order valence-electron chi connectivity index (χ4n) is 1.98. The fraction of sp³-hybridized carbons (Fsp3) is 0.647. The number of nitrogens with one attached hydrogen (secondary N) is 1. The average Bonchev–Trinajstić information content (AvgIpc) is 2.42. The molecule has 0 amide bonds. The molecule has 1 aromatic carbocycles. The number of benzene rings is 1. The highest BCUT2D eigenvalue weighted by Gasteiger charge is 2.16. The molecule has 1 N–H and O–H groups in total. The second-order valence-corrected chi connectivity index (χ2v) is 7.12. The van der Waals surface area contributed by atoms with Gasteiger partial charge in [-0.25, -0.2) is 0 Å². The summed E-state index contributed by atoms with van der Waals surface area (Å²) in [5.74, 6) is 1.58. The van der Waals surface area contributed by atoms with Crippen molar-refractivity contribution in [3.05, 3.63) is 22.2 Å². The molecule has 1 aromatic rings. The zero-order valence-electron chi connectivity index (χ0n) is 14.0. The highest BCUT2D eigenvalue weighted by Crippen LogP contribution is 2.38. The molecule has 21 heavy (non-hydrogen) atoms. The molecule has 3 nitrogen and oxygen atoms in total. The van der Waals surface area contributed by atoms with E-state index in [9.17, 15) is 0 Å². The van der Waals surface area contributed by atoms with Crippen molar-refractivity contribution in [3.8, 4) is 11.5 Å². The number of hydrogen-bond donors (Lipinski definition) is 1. The van der Waals surface area contributed by atoms with Crippen LogP contribution >= 0.6 is 15.9 Å². The van der Waals surface area contributed by atoms with E-state index < -0.39 is 0 Å². The molecule has 0 saturated heterocycles. The van der Waals surface area contributed by atoms with Gasteiger partial charge in [-0.05, 0) is 67.2 Å². The van der Waals surface area contributed by atoms with E-state index in [4.69, 9.17) is 9.47 Å². The minimum absolute atomic E-state index is 0.0877. The van der Waals surface area contributed by atoms with Gasteiger partial charge in [0.2, 0.25) is 0 Å². The third kappa shape index (κ3) is 5.87. The topological polar surface area (TPSA) is 30.5 Å². The lowest BCUT2D eigenvalue weighted by Crippen LogP contribution is -2.35. The van der Waals surface area contributed by atoms with E-state index in [0.29, 0.717) is 0 Å². The van der Waals surface area contributed by atoms with Gasteiger partial charge in [-0.2, -0.15) is 0 Å². The van der Waals surface area contributed by atoms with Crippen LogP contribution in [0.3, 0.4) is 0 Å². The number of halogens is 1. The maximum absolute atomic E-state index is 6.07. The normalized spacial score (nSPS) is 11.8. The smallest absolute Gasteiger partial charge is 0.175 e. The van der Waals surface area contributed by atoms with Crippen molar-refractivity contribution in [2.75, 3.05) is 7.11 Å². The summed E-state index contributed by atoms with van der Waals surface area (Å²) in [5, 5.41) is 3.48. The van der Waals surface area contributed by atoms with E-state index in [1.807, 2.05) is 6.07 Å². The van der Waals surface area contributed by atoms with Crippen LogP contribution in [-0.2, 0) is 6.54 Å². The zero-order valence-corrected chi connectivity index (χ0v) is 15.6. The van der Waals surface area contributed by atoms with Crippen LogP contribution in [0.4, 0.5) is 0 Å². The van der Waals surface area contributed by atoms with Crippen LogP contribution in [0.5, 0.6) is 11.5 Å². The van der Waals surface area contributed by atoms with E-state index in [2.05, 4.69) is 61.9 Å². The molecular formula is C17H28BrNO2. The fourth-order valence-corrected chi connectivity index (χ4v) is 2.56. The minimum atomic E-state index is 0.0877. The van der Waals surface area contributed by atoms with Gasteiger partial charge in [-0.1, -0.05) is 13.8 Å². The molecule has 1 rings (SSSR count). The Morgan fingerprint density at radius 3 is 2.29 bits per heavy atom. The Kier molecular flexibility index (Phi) is 7.01. The van der Waals surface area contributed by atoms with Crippen LogP contribution in [0, 0.1) is 0 Å². The van der Waals surface area contributed by atoms with Crippen LogP contribution in [0.1, 0.15) is 53.0 Å². The van der Waals surface area contributed by atoms with Crippen LogP contribution in [0.25, 0.3) is 0 Å². The molecule has 0 aliphatic carbocycles. The summed E-state index contributed by atoms with van der Waals surface area (Å²) in [7, 11) is 1.68. The average molecular weight is 358 g/mol. The molecule has 0 aliphatic rings. The highest BCUT2D eigenvalue weighted by atomic mass is 79.9. The first-order valence-electron chi connectivity index (χ1n) is 7.58. The Morgan fingerprint density at radius 2 is 1.81 bits per heavy atom. The molecule has 4 heteroatoms. The van der Waals surface area contributed by atoms with Crippen molar-refractivity contribution in [2.24, 2.45) is 0 Å². The Bertz CT molecular complexity index is 451. The predicted molar refractivity (Wildman–Crippen MR) is 92.3 cm³/mol. The van der Waals surface area contributed by atoms with Crippen molar-refractivity contribution in [1.29, 1.82) is 0 Å². The lowest BCUT2D eigenvalue weighted by atomic mass is 10.1. The molecule has 0 unspecified atom stereocenters. The van der Waals surface area contributed by atoms with Gasteiger partial charge >= 0.3 is 0 Å². The van der Waals surface area contributed by atoms with Crippen molar-refractivity contribution in [3.63, 3.8) is 0 Å². The monoisotopic (exact) mass is 357 g/mol. The Labute approximate surface area is 137 Å². The molecule has 0 bridgehead atoms. The predicted octanol–water partition coefficient (Wildman–Crippen LogP) is 4.91. The molecule has 0 aliphatic heterocycles. The third-order valence-corrected chi connectivity index (χ3v) is 3.90. The summed E-state index contributed by atoms with van der Waals surface area (Å²) >= 11 is 3.61. The van der Waals surface area contributed by atoms with E-state index >= 15 is 0 Å². The largest absolute Gasteiger partial charge is 0.493 e. The van der Waals surface area contributed by atoms with Gasteiger partial charge in [-0.3, -0.25) is 0 Å². The molecule has 0 atom stereocenters. The summed E-state index contributed by atoms with van der Waals surface area (Å²) in [6.07, 6.45) is 2.19. The molecule has 0 spiro atoms. The number of hydrogen-bond acceptors (Lipinski definition) is 3. The van der Waals surface area contributed by atoms with Gasteiger partial charge in [0.05, 0.1) is 17.7 Å². The number of rotatable bonds is 7.